The molecule has 1 unspecified atom stereocenters. The van der Waals surface area contributed by atoms with Gasteiger partial charge >= 0.3 is 0 Å². The standard InChI is InChI=1S/C11H19N3O2S/c1-3-12-8-10(2)17(15,16)14-9-11-6-4-5-7-13-11/h4-7,10,12,14H,3,8-9H2,1-2H3. The van der Waals surface area contributed by atoms with Gasteiger partial charge in [-0.05, 0) is 25.6 Å². The zero-order valence-corrected chi connectivity index (χ0v) is 11.0. The van der Waals surface area contributed by atoms with Crippen molar-refractivity contribution in [2.75, 3.05) is 13.1 Å². The fraction of sp³-hybridized carbons (Fsp3) is 0.545. The number of nitrogens with zero attached hydrogens (tertiary/aromatic N) is 1. The van der Waals surface area contributed by atoms with E-state index in [1.165, 1.54) is 0 Å². The van der Waals surface area contributed by atoms with Gasteiger partial charge in [-0.25, -0.2) is 13.1 Å². The summed E-state index contributed by atoms with van der Waals surface area (Å²) in [5.41, 5.74) is 0.715. The minimum atomic E-state index is -3.28. The summed E-state index contributed by atoms with van der Waals surface area (Å²) in [7, 11) is -3.28. The molecule has 0 aromatic carbocycles. The number of hydrogen-bond donors (Lipinski definition) is 2. The van der Waals surface area contributed by atoms with Crippen molar-refractivity contribution in [1.29, 1.82) is 0 Å². The first-order chi connectivity index (χ1) is 8.06. The molecule has 1 heterocycles. The molecule has 0 aliphatic heterocycles. The molecule has 5 nitrogen and oxygen atoms in total. The van der Waals surface area contributed by atoms with Crippen molar-refractivity contribution in [3.8, 4) is 0 Å². The van der Waals surface area contributed by atoms with Crippen LogP contribution in [0.4, 0.5) is 0 Å². The summed E-state index contributed by atoms with van der Waals surface area (Å²) in [5, 5.41) is 2.56. The number of sulfonamides is 1. The SMILES string of the molecule is CCNCC(C)S(=O)(=O)NCc1ccccn1. The lowest BCUT2D eigenvalue weighted by Crippen LogP contribution is -2.38. The second kappa shape index (κ2) is 6.68. The quantitative estimate of drug-likeness (QED) is 0.746. The number of aromatic nitrogens is 1. The number of rotatable bonds is 7. The third-order valence-electron chi connectivity index (χ3n) is 2.39. The molecular weight excluding hydrogens is 238 g/mol. The molecule has 0 bridgehead atoms. The Morgan fingerprint density at radius 3 is 2.76 bits per heavy atom. The number of hydrogen-bond acceptors (Lipinski definition) is 4. The normalized spacial score (nSPS) is 13.5. The Labute approximate surface area is 103 Å². The summed E-state index contributed by atoms with van der Waals surface area (Å²) < 4.78 is 26.2. The molecule has 0 aliphatic rings. The molecule has 17 heavy (non-hydrogen) atoms. The van der Waals surface area contributed by atoms with Crippen molar-refractivity contribution in [2.45, 2.75) is 25.6 Å². The molecular formula is C11H19N3O2S. The average Bonchev–Trinajstić information content (AvgIpc) is 2.35. The third-order valence-corrected chi connectivity index (χ3v) is 4.16. The molecule has 96 valence electrons. The summed E-state index contributed by atoms with van der Waals surface area (Å²) in [4.78, 5) is 4.06. The second-order valence-corrected chi connectivity index (χ2v) is 5.99. The highest BCUT2D eigenvalue weighted by atomic mass is 32.2. The van der Waals surface area contributed by atoms with Crippen LogP contribution in [-0.4, -0.2) is 31.7 Å². The van der Waals surface area contributed by atoms with E-state index in [4.69, 9.17) is 0 Å². The molecule has 0 saturated heterocycles. The van der Waals surface area contributed by atoms with Gasteiger partial charge in [-0.2, -0.15) is 0 Å². The minimum absolute atomic E-state index is 0.236. The minimum Gasteiger partial charge on any atom is -0.316 e. The Bertz CT molecular complexity index is 420. The number of nitrogens with one attached hydrogen (secondary N) is 2. The van der Waals surface area contributed by atoms with Crippen LogP contribution in [-0.2, 0) is 16.6 Å². The van der Waals surface area contributed by atoms with Gasteiger partial charge in [0.2, 0.25) is 10.0 Å². The Balaban J connectivity index is 2.50. The van der Waals surface area contributed by atoms with Gasteiger partial charge in [0.05, 0.1) is 17.5 Å². The fourth-order valence-electron chi connectivity index (χ4n) is 1.28. The third kappa shape index (κ3) is 4.80. The van der Waals surface area contributed by atoms with E-state index in [0.29, 0.717) is 12.2 Å². The van der Waals surface area contributed by atoms with Crippen molar-refractivity contribution in [3.63, 3.8) is 0 Å². The topological polar surface area (TPSA) is 71.1 Å². The van der Waals surface area contributed by atoms with Crippen molar-refractivity contribution in [2.24, 2.45) is 0 Å². The van der Waals surface area contributed by atoms with E-state index in [2.05, 4.69) is 15.0 Å². The van der Waals surface area contributed by atoms with Gasteiger partial charge in [-0.3, -0.25) is 4.98 Å². The molecule has 2 N–H and O–H groups in total. The van der Waals surface area contributed by atoms with E-state index >= 15 is 0 Å². The summed E-state index contributed by atoms with van der Waals surface area (Å²) in [6, 6.07) is 5.42. The average molecular weight is 257 g/mol. The summed E-state index contributed by atoms with van der Waals surface area (Å²) >= 11 is 0. The van der Waals surface area contributed by atoms with Crippen LogP contribution in [0.3, 0.4) is 0 Å². The van der Waals surface area contributed by atoms with Gasteiger partial charge in [0, 0.05) is 12.7 Å². The Hall–Kier alpha value is -0.980. The van der Waals surface area contributed by atoms with Crippen molar-refractivity contribution >= 4 is 10.0 Å². The molecule has 1 aromatic heterocycles. The summed E-state index contributed by atoms with van der Waals surface area (Å²) in [6.07, 6.45) is 1.64. The first-order valence-corrected chi connectivity index (χ1v) is 7.20. The van der Waals surface area contributed by atoms with E-state index < -0.39 is 15.3 Å². The first kappa shape index (κ1) is 14.1. The van der Waals surface area contributed by atoms with Crippen LogP contribution in [0.25, 0.3) is 0 Å². The monoisotopic (exact) mass is 257 g/mol. The molecule has 0 fully saturated rings. The van der Waals surface area contributed by atoms with Crippen molar-refractivity contribution in [1.82, 2.24) is 15.0 Å². The van der Waals surface area contributed by atoms with Crippen LogP contribution in [0.15, 0.2) is 24.4 Å². The van der Waals surface area contributed by atoms with Crippen LogP contribution >= 0.6 is 0 Å². The predicted octanol–water partition coefficient (Wildman–Crippen LogP) is 0.499. The molecule has 6 heteroatoms. The maximum absolute atomic E-state index is 11.8. The summed E-state index contributed by atoms with van der Waals surface area (Å²) in [5.74, 6) is 0. The van der Waals surface area contributed by atoms with E-state index in [0.717, 1.165) is 6.54 Å². The Kier molecular flexibility index (Phi) is 5.54. The maximum atomic E-state index is 11.8. The van der Waals surface area contributed by atoms with Gasteiger partial charge in [0.15, 0.2) is 0 Å². The lowest BCUT2D eigenvalue weighted by atomic mass is 10.4. The largest absolute Gasteiger partial charge is 0.316 e. The highest BCUT2D eigenvalue weighted by molar-refractivity contribution is 7.90. The zero-order chi connectivity index (χ0) is 12.7. The van der Waals surface area contributed by atoms with Gasteiger partial charge in [-0.15, -0.1) is 0 Å². The van der Waals surface area contributed by atoms with Crippen LogP contribution in [0, 0.1) is 0 Å². The molecule has 0 saturated carbocycles. The van der Waals surface area contributed by atoms with Crippen LogP contribution in [0.2, 0.25) is 0 Å². The lowest BCUT2D eigenvalue weighted by Gasteiger charge is -2.13. The molecule has 1 rings (SSSR count). The van der Waals surface area contributed by atoms with Crippen LogP contribution < -0.4 is 10.0 Å². The summed E-state index contributed by atoms with van der Waals surface area (Å²) in [6.45, 7) is 5.08. The van der Waals surface area contributed by atoms with E-state index in [1.807, 2.05) is 13.0 Å². The lowest BCUT2D eigenvalue weighted by molar-refractivity contribution is 0.559. The van der Waals surface area contributed by atoms with Gasteiger partial charge in [0.25, 0.3) is 0 Å². The van der Waals surface area contributed by atoms with Crippen LogP contribution in [0.1, 0.15) is 19.5 Å². The molecule has 0 aliphatic carbocycles. The van der Waals surface area contributed by atoms with Crippen LogP contribution in [0.5, 0.6) is 0 Å². The second-order valence-electron chi connectivity index (χ2n) is 3.81. The van der Waals surface area contributed by atoms with Gasteiger partial charge < -0.3 is 5.32 Å². The number of pyridine rings is 1. The van der Waals surface area contributed by atoms with E-state index in [-0.39, 0.29) is 6.54 Å². The molecule has 0 spiro atoms. The van der Waals surface area contributed by atoms with Crippen molar-refractivity contribution < 1.29 is 8.42 Å². The molecule has 1 aromatic rings. The van der Waals surface area contributed by atoms with E-state index in [9.17, 15) is 8.42 Å². The maximum Gasteiger partial charge on any atom is 0.215 e. The van der Waals surface area contributed by atoms with Gasteiger partial charge in [-0.1, -0.05) is 13.0 Å². The first-order valence-electron chi connectivity index (χ1n) is 5.65. The highest BCUT2D eigenvalue weighted by Crippen LogP contribution is 1.99. The molecule has 0 radical (unpaired) electrons. The fourth-order valence-corrected chi connectivity index (χ4v) is 2.25. The van der Waals surface area contributed by atoms with E-state index in [1.54, 1.807) is 25.3 Å². The highest BCUT2D eigenvalue weighted by Gasteiger charge is 2.19. The Morgan fingerprint density at radius 2 is 2.18 bits per heavy atom. The zero-order valence-electron chi connectivity index (χ0n) is 10.2. The van der Waals surface area contributed by atoms with Gasteiger partial charge in [0.1, 0.15) is 0 Å². The molecule has 1 atom stereocenters. The smallest absolute Gasteiger partial charge is 0.215 e. The van der Waals surface area contributed by atoms with Crippen molar-refractivity contribution in [3.05, 3.63) is 30.1 Å². The molecule has 0 amide bonds. The Morgan fingerprint density at radius 1 is 1.41 bits per heavy atom. The predicted molar refractivity (Wildman–Crippen MR) is 68.0 cm³/mol.